The number of benzene rings is 1. The van der Waals surface area contributed by atoms with Crippen molar-refractivity contribution in [1.29, 1.82) is 0 Å². The van der Waals surface area contributed by atoms with Crippen molar-refractivity contribution in [2.45, 2.75) is 33.2 Å². The highest BCUT2D eigenvalue weighted by atomic mass is 127. The van der Waals surface area contributed by atoms with Crippen LogP contribution in [-0.4, -0.2) is 39.2 Å². The van der Waals surface area contributed by atoms with Crippen molar-refractivity contribution < 1.29 is 0 Å². The Kier molecular flexibility index (Phi) is 10.2. The van der Waals surface area contributed by atoms with Crippen molar-refractivity contribution in [2.75, 3.05) is 32.1 Å². The van der Waals surface area contributed by atoms with Crippen LogP contribution in [0.1, 0.15) is 26.3 Å². The van der Waals surface area contributed by atoms with Crippen LogP contribution < -0.4 is 15.5 Å². The van der Waals surface area contributed by atoms with Gasteiger partial charge in [-0.2, -0.15) is 0 Å². The Morgan fingerprint density at radius 2 is 1.81 bits per heavy atom. The highest BCUT2D eigenvalue weighted by Crippen LogP contribution is 2.12. The lowest BCUT2D eigenvalue weighted by atomic mass is 10.1. The molecule has 21 heavy (non-hydrogen) atoms. The van der Waals surface area contributed by atoms with Crippen molar-refractivity contribution in [2.24, 2.45) is 4.99 Å². The van der Waals surface area contributed by atoms with Gasteiger partial charge in [-0.05, 0) is 44.9 Å². The molecular weight excluding hydrogens is 375 g/mol. The largest absolute Gasteiger partial charge is 0.378 e. The third kappa shape index (κ3) is 8.14. The summed E-state index contributed by atoms with van der Waals surface area (Å²) in [6.45, 7) is 8.00. The molecule has 120 valence electrons. The third-order valence-electron chi connectivity index (χ3n) is 2.89. The molecule has 0 saturated heterocycles. The van der Waals surface area contributed by atoms with Gasteiger partial charge in [0, 0.05) is 38.9 Å². The number of rotatable bonds is 6. The molecule has 0 atom stereocenters. The minimum atomic E-state index is 0. The number of nitrogens with one attached hydrogen (secondary N) is 2. The Labute approximate surface area is 146 Å². The molecule has 0 saturated carbocycles. The smallest absolute Gasteiger partial charge is 0.191 e. The van der Waals surface area contributed by atoms with E-state index in [0.717, 1.165) is 25.5 Å². The molecule has 0 aliphatic rings. The minimum Gasteiger partial charge on any atom is -0.378 e. The Bertz CT molecular complexity index is 413. The maximum absolute atomic E-state index is 4.59. The summed E-state index contributed by atoms with van der Waals surface area (Å²) < 4.78 is 0. The Morgan fingerprint density at radius 3 is 2.29 bits per heavy atom. The summed E-state index contributed by atoms with van der Waals surface area (Å²) >= 11 is 0. The Hall–Kier alpha value is -0.980. The Morgan fingerprint density at radius 1 is 1.19 bits per heavy atom. The molecule has 0 fully saturated rings. The van der Waals surface area contributed by atoms with Gasteiger partial charge >= 0.3 is 0 Å². The number of nitrogens with zero attached hydrogens (tertiary/aromatic N) is 2. The van der Waals surface area contributed by atoms with Crippen molar-refractivity contribution in [1.82, 2.24) is 10.6 Å². The lowest BCUT2D eigenvalue weighted by molar-refractivity contribution is 0.700. The minimum absolute atomic E-state index is 0. The fourth-order valence-electron chi connectivity index (χ4n) is 1.85. The van der Waals surface area contributed by atoms with E-state index in [-0.39, 0.29) is 24.0 Å². The average molecular weight is 404 g/mol. The molecule has 0 unspecified atom stereocenters. The first-order valence-corrected chi connectivity index (χ1v) is 7.34. The van der Waals surface area contributed by atoms with Crippen molar-refractivity contribution in [3.63, 3.8) is 0 Å². The van der Waals surface area contributed by atoms with Crippen LogP contribution in [-0.2, 0) is 6.42 Å². The van der Waals surface area contributed by atoms with Gasteiger partial charge in [0.05, 0.1) is 0 Å². The van der Waals surface area contributed by atoms with E-state index in [1.165, 1.54) is 11.3 Å². The lowest BCUT2D eigenvalue weighted by Crippen LogP contribution is -2.41. The van der Waals surface area contributed by atoms with Gasteiger partial charge < -0.3 is 15.5 Å². The fourth-order valence-corrected chi connectivity index (χ4v) is 1.85. The van der Waals surface area contributed by atoms with E-state index in [1.807, 2.05) is 0 Å². The summed E-state index contributed by atoms with van der Waals surface area (Å²) in [5, 5.41) is 6.58. The molecule has 1 aromatic carbocycles. The lowest BCUT2D eigenvalue weighted by Gasteiger charge is -2.14. The van der Waals surface area contributed by atoms with E-state index in [0.29, 0.717) is 6.04 Å². The molecule has 0 amide bonds. The monoisotopic (exact) mass is 404 g/mol. The fraction of sp³-hybridized carbons (Fsp3) is 0.562. The van der Waals surface area contributed by atoms with Crippen LogP contribution in [0.25, 0.3) is 0 Å². The number of aliphatic imine (C=N–C) groups is 1. The number of halogens is 1. The van der Waals surface area contributed by atoms with Crippen molar-refractivity contribution >= 4 is 35.6 Å². The molecule has 0 aromatic heterocycles. The number of hydrogen-bond acceptors (Lipinski definition) is 2. The van der Waals surface area contributed by atoms with E-state index in [2.05, 4.69) is 79.7 Å². The molecule has 0 heterocycles. The van der Waals surface area contributed by atoms with Gasteiger partial charge in [-0.25, -0.2) is 0 Å². The van der Waals surface area contributed by atoms with E-state index in [1.54, 1.807) is 0 Å². The van der Waals surface area contributed by atoms with Gasteiger partial charge in [-0.3, -0.25) is 4.99 Å². The van der Waals surface area contributed by atoms with Crippen LogP contribution in [0.15, 0.2) is 29.3 Å². The topological polar surface area (TPSA) is 39.7 Å². The molecule has 0 bridgehead atoms. The second kappa shape index (κ2) is 10.7. The summed E-state index contributed by atoms with van der Waals surface area (Å²) in [7, 11) is 4.11. The zero-order valence-electron chi connectivity index (χ0n) is 13.8. The summed E-state index contributed by atoms with van der Waals surface area (Å²) in [4.78, 5) is 6.70. The zero-order chi connectivity index (χ0) is 15.0. The van der Waals surface area contributed by atoms with Gasteiger partial charge in [0.15, 0.2) is 5.96 Å². The standard InChI is InChI=1S/C16H28N4.HI/c1-6-17-16(19-13(2)3)18-12-11-14-7-9-15(10-8-14)20(4)5;/h7-10,13H,6,11-12H2,1-5H3,(H2,17,18,19);1H. The van der Waals surface area contributed by atoms with E-state index in [4.69, 9.17) is 0 Å². The van der Waals surface area contributed by atoms with Gasteiger partial charge in [0.1, 0.15) is 0 Å². The first kappa shape index (κ1) is 20.0. The molecule has 0 radical (unpaired) electrons. The van der Waals surface area contributed by atoms with Crippen LogP contribution in [0.3, 0.4) is 0 Å². The molecule has 4 nitrogen and oxygen atoms in total. The molecule has 0 spiro atoms. The molecule has 2 N–H and O–H groups in total. The molecule has 5 heteroatoms. The highest BCUT2D eigenvalue weighted by molar-refractivity contribution is 14.0. The van der Waals surface area contributed by atoms with Gasteiger partial charge in [-0.15, -0.1) is 24.0 Å². The number of hydrogen-bond donors (Lipinski definition) is 2. The zero-order valence-corrected chi connectivity index (χ0v) is 16.1. The Balaban J connectivity index is 0.00000400. The van der Waals surface area contributed by atoms with Crippen molar-refractivity contribution in [3.8, 4) is 0 Å². The van der Waals surface area contributed by atoms with Crippen molar-refractivity contribution in [3.05, 3.63) is 29.8 Å². The van der Waals surface area contributed by atoms with Crippen LogP contribution in [0, 0.1) is 0 Å². The van der Waals surface area contributed by atoms with Gasteiger partial charge in [0.2, 0.25) is 0 Å². The maximum Gasteiger partial charge on any atom is 0.191 e. The molecule has 1 rings (SSSR count). The molecule has 0 aliphatic carbocycles. The predicted octanol–water partition coefficient (Wildman–Crippen LogP) is 2.88. The summed E-state index contributed by atoms with van der Waals surface area (Å²) in [6, 6.07) is 9.04. The second-order valence-electron chi connectivity index (χ2n) is 5.37. The molecule has 1 aromatic rings. The summed E-state index contributed by atoms with van der Waals surface area (Å²) in [5.74, 6) is 0.896. The summed E-state index contributed by atoms with van der Waals surface area (Å²) in [5.41, 5.74) is 2.55. The molecular formula is C16H29IN4. The van der Waals surface area contributed by atoms with E-state index < -0.39 is 0 Å². The van der Waals surface area contributed by atoms with Crippen LogP contribution in [0.5, 0.6) is 0 Å². The SMILES string of the molecule is CCNC(=NCCc1ccc(N(C)C)cc1)NC(C)C.I. The first-order valence-electron chi connectivity index (χ1n) is 7.34. The second-order valence-corrected chi connectivity index (χ2v) is 5.37. The van der Waals surface area contributed by atoms with Crippen LogP contribution in [0.2, 0.25) is 0 Å². The van der Waals surface area contributed by atoms with Gasteiger partial charge in [-0.1, -0.05) is 12.1 Å². The number of anilines is 1. The predicted molar refractivity (Wildman–Crippen MR) is 104 cm³/mol. The van der Waals surface area contributed by atoms with Crippen LogP contribution >= 0.6 is 24.0 Å². The normalized spacial score (nSPS) is 11.0. The van der Waals surface area contributed by atoms with Crippen LogP contribution in [0.4, 0.5) is 5.69 Å². The third-order valence-corrected chi connectivity index (χ3v) is 2.89. The first-order chi connectivity index (χ1) is 9.52. The quantitative estimate of drug-likeness (QED) is 0.435. The highest BCUT2D eigenvalue weighted by Gasteiger charge is 2.00. The maximum atomic E-state index is 4.59. The number of guanidine groups is 1. The summed E-state index contributed by atoms with van der Waals surface area (Å²) in [6.07, 6.45) is 0.961. The van der Waals surface area contributed by atoms with E-state index >= 15 is 0 Å². The average Bonchev–Trinajstić information content (AvgIpc) is 2.39. The van der Waals surface area contributed by atoms with Gasteiger partial charge in [0.25, 0.3) is 0 Å². The van der Waals surface area contributed by atoms with E-state index in [9.17, 15) is 0 Å². The molecule has 0 aliphatic heterocycles.